The predicted octanol–water partition coefficient (Wildman–Crippen LogP) is 6.04. The second-order valence-corrected chi connectivity index (χ2v) is 7.49. The van der Waals surface area contributed by atoms with Crippen LogP contribution in [0.1, 0.15) is 30.5 Å². The number of hydrogen-bond donors (Lipinski definition) is 0. The Hall–Kier alpha value is -3.09. The first-order valence-electron chi connectivity index (χ1n) is 9.67. The van der Waals surface area contributed by atoms with E-state index in [1.807, 2.05) is 48.5 Å². The summed E-state index contributed by atoms with van der Waals surface area (Å²) in [5.74, 6) is 0.190. The second-order valence-electron chi connectivity index (χ2n) is 7.49. The van der Waals surface area contributed by atoms with Gasteiger partial charge in [0.25, 0.3) is 0 Å². The highest BCUT2D eigenvalue weighted by Gasteiger charge is 2.36. The molecule has 3 rings (SSSR count). The average molecular weight is 415 g/mol. The summed E-state index contributed by atoms with van der Waals surface area (Å²) in [7, 11) is 1.56. The average Bonchev–Trinajstić information content (AvgIpc) is 2.71. The van der Waals surface area contributed by atoms with Crippen molar-refractivity contribution in [3.63, 3.8) is 0 Å². The Bertz CT molecular complexity index is 975. The Morgan fingerprint density at radius 3 is 2.37 bits per heavy atom. The first-order valence-corrected chi connectivity index (χ1v) is 9.67. The first-order chi connectivity index (χ1) is 14.2. The van der Waals surface area contributed by atoms with Crippen molar-refractivity contribution >= 4 is 11.5 Å². The van der Waals surface area contributed by atoms with Crippen molar-refractivity contribution < 1.29 is 17.9 Å². The maximum absolute atomic E-state index is 13.6. The van der Waals surface area contributed by atoms with Crippen LogP contribution in [-0.2, 0) is 19.2 Å². The van der Waals surface area contributed by atoms with Crippen LogP contribution < -0.4 is 9.64 Å². The Balaban J connectivity index is 1.92. The number of halogens is 3. The molecule has 0 aliphatic rings. The van der Waals surface area contributed by atoms with Crippen molar-refractivity contribution in [2.45, 2.75) is 33.1 Å². The number of benzene rings is 2. The molecule has 0 fully saturated rings. The summed E-state index contributed by atoms with van der Waals surface area (Å²) in [6, 6.07) is 16.6. The van der Waals surface area contributed by atoms with Gasteiger partial charge in [-0.2, -0.15) is 18.2 Å². The molecule has 3 aromatic rings. The van der Waals surface area contributed by atoms with Crippen molar-refractivity contribution in [1.82, 2.24) is 9.97 Å². The van der Waals surface area contributed by atoms with Crippen molar-refractivity contribution in [2.24, 2.45) is 5.92 Å². The predicted molar refractivity (Wildman–Crippen MR) is 111 cm³/mol. The van der Waals surface area contributed by atoms with Gasteiger partial charge in [-0.1, -0.05) is 56.3 Å². The topological polar surface area (TPSA) is 38.2 Å². The summed E-state index contributed by atoms with van der Waals surface area (Å²) < 4.78 is 46.4. The van der Waals surface area contributed by atoms with E-state index >= 15 is 0 Å². The van der Waals surface area contributed by atoms with E-state index in [-0.39, 0.29) is 18.4 Å². The van der Waals surface area contributed by atoms with Crippen molar-refractivity contribution in [2.75, 3.05) is 11.9 Å². The van der Waals surface area contributed by atoms with Crippen LogP contribution in [0.3, 0.4) is 0 Å². The maximum Gasteiger partial charge on any atom is 0.421 e. The number of alkyl halides is 3. The molecule has 0 N–H and O–H groups in total. The molecular weight excluding hydrogens is 391 g/mol. The minimum Gasteiger partial charge on any atom is -0.459 e. The highest BCUT2D eigenvalue weighted by Crippen LogP contribution is 2.38. The van der Waals surface area contributed by atoms with Crippen LogP contribution in [0.5, 0.6) is 6.01 Å². The van der Waals surface area contributed by atoms with E-state index in [2.05, 4.69) is 23.8 Å². The van der Waals surface area contributed by atoms with Crippen LogP contribution in [0, 0.1) is 5.92 Å². The standard InChI is InChI=1S/C23H24F3N3O/c1-16(2)12-18-10-7-11-19(13-18)29(3)21-20(23(24,25)26)14-27-22(28-21)30-15-17-8-5-4-6-9-17/h4-11,13-14,16H,12,15H2,1-3H3. The zero-order valence-electron chi connectivity index (χ0n) is 17.1. The number of anilines is 2. The van der Waals surface area contributed by atoms with E-state index < -0.39 is 11.7 Å². The number of rotatable bonds is 7. The molecule has 0 spiro atoms. The highest BCUT2D eigenvalue weighted by molar-refractivity contribution is 5.63. The summed E-state index contributed by atoms with van der Waals surface area (Å²) in [4.78, 5) is 9.29. The fourth-order valence-electron chi connectivity index (χ4n) is 3.09. The molecule has 158 valence electrons. The maximum atomic E-state index is 13.6. The Morgan fingerprint density at radius 2 is 1.70 bits per heavy atom. The zero-order chi connectivity index (χ0) is 21.7. The van der Waals surface area contributed by atoms with Crippen molar-refractivity contribution in [1.29, 1.82) is 0 Å². The molecule has 0 amide bonds. The number of nitrogens with zero attached hydrogens (tertiary/aromatic N) is 3. The van der Waals surface area contributed by atoms with Crippen LogP contribution >= 0.6 is 0 Å². The van der Waals surface area contributed by atoms with E-state index in [1.165, 1.54) is 4.90 Å². The highest BCUT2D eigenvalue weighted by atomic mass is 19.4. The first kappa shape index (κ1) is 21.6. The molecule has 4 nitrogen and oxygen atoms in total. The third-order valence-corrected chi connectivity index (χ3v) is 4.52. The molecule has 2 aromatic carbocycles. The SMILES string of the molecule is CC(C)Cc1cccc(N(C)c2nc(OCc3ccccc3)ncc2C(F)(F)F)c1. The van der Waals surface area contributed by atoms with Crippen LogP contribution in [0.15, 0.2) is 60.8 Å². The van der Waals surface area contributed by atoms with Gasteiger partial charge in [0.05, 0.1) is 0 Å². The Labute approximate surface area is 174 Å². The smallest absolute Gasteiger partial charge is 0.421 e. The van der Waals surface area contributed by atoms with E-state index in [9.17, 15) is 13.2 Å². The normalized spacial score (nSPS) is 11.6. The lowest BCUT2D eigenvalue weighted by Gasteiger charge is -2.23. The third-order valence-electron chi connectivity index (χ3n) is 4.52. The molecule has 0 atom stereocenters. The molecule has 0 bridgehead atoms. The van der Waals surface area contributed by atoms with E-state index in [4.69, 9.17) is 4.74 Å². The molecule has 1 heterocycles. The lowest BCUT2D eigenvalue weighted by atomic mass is 10.0. The monoisotopic (exact) mass is 415 g/mol. The summed E-state index contributed by atoms with van der Waals surface area (Å²) in [5, 5.41) is 0. The van der Waals surface area contributed by atoms with Gasteiger partial charge in [0.2, 0.25) is 0 Å². The number of hydrogen-bond acceptors (Lipinski definition) is 4. The fourth-order valence-corrected chi connectivity index (χ4v) is 3.09. The lowest BCUT2D eigenvalue weighted by molar-refractivity contribution is -0.137. The number of ether oxygens (including phenoxy) is 1. The molecular formula is C23H24F3N3O. The van der Waals surface area contributed by atoms with Gasteiger partial charge in [-0.25, -0.2) is 4.98 Å². The van der Waals surface area contributed by atoms with Gasteiger partial charge in [-0.05, 0) is 35.6 Å². The fraction of sp³-hybridized carbons (Fsp3) is 0.304. The molecule has 1 aromatic heterocycles. The quantitative estimate of drug-likeness (QED) is 0.471. The van der Waals surface area contributed by atoms with Gasteiger partial charge < -0.3 is 9.64 Å². The Morgan fingerprint density at radius 1 is 1.00 bits per heavy atom. The van der Waals surface area contributed by atoms with Gasteiger partial charge in [-0.15, -0.1) is 0 Å². The Kier molecular flexibility index (Phi) is 6.59. The van der Waals surface area contributed by atoms with Crippen LogP contribution in [-0.4, -0.2) is 17.0 Å². The zero-order valence-corrected chi connectivity index (χ0v) is 17.1. The van der Waals surface area contributed by atoms with Crippen LogP contribution in [0.4, 0.5) is 24.7 Å². The van der Waals surface area contributed by atoms with E-state index in [0.717, 1.165) is 23.7 Å². The molecule has 0 saturated heterocycles. The van der Waals surface area contributed by atoms with Gasteiger partial charge in [0.1, 0.15) is 12.2 Å². The molecule has 0 radical (unpaired) electrons. The van der Waals surface area contributed by atoms with Crippen molar-refractivity contribution in [3.05, 3.63) is 77.5 Å². The van der Waals surface area contributed by atoms with Gasteiger partial charge in [0.15, 0.2) is 5.82 Å². The van der Waals surface area contributed by atoms with Gasteiger partial charge in [0, 0.05) is 18.9 Å². The van der Waals surface area contributed by atoms with Crippen LogP contribution in [0.2, 0.25) is 0 Å². The summed E-state index contributed by atoms with van der Waals surface area (Å²) in [6.45, 7) is 4.36. The minimum absolute atomic E-state index is 0.105. The van der Waals surface area contributed by atoms with E-state index in [0.29, 0.717) is 11.6 Å². The lowest BCUT2D eigenvalue weighted by Crippen LogP contribution is -2.19. The molecule has 0 aliphatic carbocycles. The summed E-state index contributed by atoms with van der Waals surface area (Å²) >= 11 is 0. The minimum atomic E-state index is -4.59. The molecule has 0 saturated carbocycles. The number of aromatic nitrogens is 2. The van der Waals surface area contributed by atoms with Crippen molar-refractivity contribution in [3.8, 4) is 6.01 Å². The molecule has 7 heteroatoms. The second kappa shape index (κ2) is 9.15. The van der Waals surface area contributed by atoms with Crippen LogP contribution in [0.25, 0.3) is 0 Å². The molecule has 30 heavy (non-hydrogen) atoms. The third kappa shape index (κ3) is 5.49. The molecule has 0 aliphatic heterocycles. The van der Waals surface area contributed by atoms with Gasteiger partial charge in [-0.3, -0.25) is 0 Å². The molecule has 0 unspecified atom stereocenters. The summed E-state index contributed by atoms with van der Waals surface area (Å²) in [6.07, 6.45) is -2.97. The van der Waals surface area contributed by atoms with Gasteiger partial charge >= 0.3 is 12.2 Å². The largest absolute Gasteiger partial charge is 0.459 e. The van der Waals surface area contributed by atoms with E-state index in [1.54, 1.807) is 13.1 Å². The summed E-state index contributed by atoms with van der Waals surface area (Å²) in [5.41, 5.74) is 1.63.